The van der Waals surface area contributed by atoms with Crippen molar-refractivity contribution in [2.45, 2.75) is 25.2 Å². The molecule has 0 saturated heterocycles. The second-order valence-corrected chi connectivity index (χ2v) is 5.38. The first-order valence-electron chi connectivity index (χ1n) is 7.40. The Morgan fingerprint density at radius 3 is 2.74 bits per heavy atom. The van der Waals surface area contributed by atoms with E-state index in [-0.39, 0.29) is 12.8 Å². The Kier molecular flexibility index (Phi) is 5.32. The molecule has 0 aliphatic heterocycles. The van der Waals surface area contributed by atoms with Gasteiger partial charge in [-0.05, 0) is 30.0 Å². The molecule has 0 aliphatic rings. The summed E-state index contributed by atoms with van der Waals surface area (Å²) in [7, 11) is 1.82. The Balaban J connectivity index is 2.24. The summed E-state index contributed by atoms with van der Waals surface area (Å²) in [6.45, 7) is 3.73. The van der Waals surface area contributed by atoms with Gasteiger partial charge in [0.1, 0.15) is 0 Å². The van der Waals surface area contributed by atoms with Crippen LogP contribution in [0.1, 0.15) is 30.0 Å². The highest BCUT2D eigenvalue weighted by molar-refractivity contribution is 5.67. The van der Waals surface area contributed by atoms with Crippen LogP contribution in [0, 0.1) is 11.3 Å². The molecular weight excluding hydrogens is 290 g/mol. The van der Waals surface area contributed by atoms with Gasteiger partial charge in [-0.2, -0.15) is 10.4 Å². The molecule has 0 radical (unpaired) electrons. The molecular formula is C18H19N3O2. The molecule has 1 aromatic heterocycles. The number of allylic oxidation sites excluding steroid dienone is 1. The maximum Gasteiger partial charge on any atom is 0.303 e. The zero-order valence-electron chi connectivity index (χ0n) is 13.1. The fraction of sp³-hybridized carbons (Fsp3) is 0.278. The largest absolute Gasteiger partial charge is 0.481 e. The van der Waals surface area contributed by atoms with Crippen molar-refractivity contribution in [2.75, 3.05) is 0 Å². The number of hydrogen-bond acceptors (Lipinski definition) is 3. The van der Waals surface area contributed by atoms with E-state index in [1.54, 1.807) is 4.68 Å². The molecule has 1 heterocycles. The molecule has 0 bridgehead atoms. The molecule has 1 atom stereocenters. The van der Waals surface area contributed by atoms with Crippen LogP contribution in [0.25, 0.3) is 11.3 Å². The van der Waals surface area contributed by atoms with E-state index < -0.39 is 11.9 Å². The summed E-state index contributed by atoms with van der Waals surface area (Å²) in [4.78, 5) is 10.7. The number of nitrogens with zero attached hydrogens (tertiary/aromatic N) is 3. The standard InChI is InChI=1S/C18H19N3O2/c1-3-4-13-5-7-14(8-6-13)17-11-16(20-21(17)2)15(12-19)9-10-18(22)23/h3,5-8,11,15H,1,4,9-10H2,2H3,(H,22,23)/t15-/m0/s1. The second-order valence-electron chi connectivity index (χ2n) is 5.38. The Bertz CT molecular complexity index is 739. The van der Waals surface area contributed by atoms with Crippen molar-refractivity contribution in [1.29, 1.82) is 5.26 Å². The van der Waals surface area contributed by atoms with Crippen LogP contribution in [0.5, 0.6) is 0 Å². The zero-order chi connectivity index (χ0) is 16.8. The maximum atomic E-state index is 10.7. The van der Waals surface area contributed by atoms with Crippen LogP contribution in [0.2, 0.25) is 0 Å². The minimum absolute atomic E-state index is 0.0413. The maximum absolute atomic E-state index is 10.7. The van der Waals surface area contributed by atoms with Crippen molar-refractivity contribution in [3.05, 3.63) is 54.2 Å². The molecule has 5 nitrogen and oxygen atoms in total. The summed E-state index contributed by atoms with van der Waals surface area (Å²) in [5.74, 6) is -1.41. The van der Waals surface area contributed by atoms with E-state index in [0.29, 0.717) is 5.69 Å². The quantitative estimate of drug-likeness (QED) is 0.796. The molecule has 2 rings (SSSR count). The van der Waals surface area contributed by atoms with Crippen molar-refractivity contribution in [3.63, 3.8) is 0 Å². The van der Waals surface area contributed by atoms with Gasteiger partial charge in [-0.15, -0.1) is 6.58 Å². The third-order valence-corrected chi connectivity index (χ3v) is 3.69. The van der Waals surface area contributed by atoms with E-state index >= 15 is 0 Å². The summed E-state index contributed by atoms with van der Waals surface area (Å²) in [6.07, 6.45) is 2.90. The third kappa shape index (κ3) is 4.07. The van der Waals surface area contributed by atoms with E-state index in [0.717, 1.165) is 17.7 Å². The van der Waals surface area contributed by atoms with Crippen LogP contribution < -0.4 is 0 Å². The van der Waals surface area contributed by atoms with E-state index in [1.165, 1.54) is 5.56 Å². The number of rotatable bonds is 7. The van der Waals surface area contributed by atoms with Crippen LogP contribution >= 0.6 is 0 Å². The van der Waals surface area contributed by atoms with Crippen LogP contribution in [0.15, 0.2) is 43.0 Å². The third-order valence-electron chi connectivity index (χ3n) is 3.69. The highest BCUT2D eigenvalue weighted by atomic mass is 16.4. The highest BCUT2D eigenvalue weighted by Crippen LogP contribution is 2.26. The number of aromatic nitrogens is 2. The van der Waals surface area contributed by atoms with Gasteiger partial charge in [0.05, 0.1) is 23.4 Å². The minimum Gasteiger partial charge on any atom is -0.481 e. The fourth-order valence-corrected chi connectivity index (χ4v) is 2.45. The van der Waals surface area contributed by atoms with Gasteiger partial charge in [0.15, 0.2) is 0 Å². The average Bonchev–Trinajstić information content (AvgIpc) is 2.90. The lowest BCUT2D eigenvalue weighted by Gasteiger charge is -2.03. The second kappa shape index (κ2) is 7.41. The van der Waals surface area contributed by atoms with Crippen molar-refractivity contribution >= 4 is 5.97 Å². The molecule has 0 spiro atoms. The molecule has 0 fully saturated rings. The van der Waals surface area contributed by atoms with Gasteiger partial charge in [0.25, 0.3) is 0 Å². The lowest BCUT2D eigenvalue weighted by molar-refractivity contribution is -0.137. The average molecular weight is 309 g/mol. The normalized spacial score (nSPS) is 11.7. The van der Waals surface area contributed by atoms with Gasteiger partial charge < -0.3 is 5.11 Å². The van der Waals surface area contributed by atoms with Crippen LogP contribution in [0.3, 0.4) is 0 Å². The first-order valence-corrected chi connectivity index (χ1v) is 7.40. The minimum atomic E-state index is -0.904. The summed E-state index contributed by atoms with van der Waals surface area (Å²) in [5, 5.41) is 22.4. The molecule has 1 N–H and O–H groups in total. The van der Waals surface area contributed by atoms with Gasteiger partial charge in [-0.1, -0.05) is 30.3 Å². The summed E-state index contributed by atoms with van der Waals surface area (Å²) in [6, 6.07) is 12.1. The molecule has 0 unspecified atom stereocenters. The van der Waals surface area contributed by atoms with Gasteiger partial charge in [-0.25, -0.2) is 0 Å². The first kappa shape index (κ1) is 16.5. The van der Waals surface area contributed by atoms with Crippen LogP contribution in [-0.2, 0) is 18.3 Å². The van der Waals surface area contributed by atoms with Crippen LogP contribution in [0.4, 0.5) is 0 Å². The lowest BCUT2D eigenvalue weighted by Crippen LogP contribution is -2.03. The molecule has 0 amide bonds. The molecule has 1 aromatic carbocycles. The van der Waals surface area contributed by atoms with E-state index in [2.05, 4.69) is 17.7 Å². The van der Waals surface area contributed by atoms with Gasteiger partial charge in [-0.3, -0.25) is 9.48 Å². The molecule has 5 heteroatoms. The number of carbonyl (C=O) groups is 1. The zero-order valence-corrected chi connectivity index (χ0v) is 13.1. The number of aliphatic carboxylic acids is 1. The number of carboxylic acids is 1. The highest BCUT2D eigenvalue weighted by Gasteiger charge is 2.18. The topological polar surface area (TPSA) is 78.9 Å². The van der Waals surface area contributed by atoms with E-state index in [1.807, 2.05) is 43.5 Å². The molecule has 0 saturated carbocycles. The van der Waals surface area contributed by atoms with Gasteiger partial charge in [0.2, 0.25) is 0 Å². The van der Waals surface area contributed by atoms with E-state index in [9.17, 15) is 10.1 Å². The molecule has 2 aromatic rings. The molecule has 23 heavy (non-hydrogen) atoms. The number of aryl methyl sites for hydroxylation is 1. The number of nitriles is 1. The van der Waals surface area contributed by atoms with Gasteiger partial charge >= 0.3 is 5.97 Å². The fourth-order valence-electron chi connectivity index (χ4n) is 2.45. The Labute approximate surface area is 135 Å². The van der Waals surface area contributed by atoms with Crippen molar-refractivity contribution in [2.24, 2.45) is 7.05 Å². The summed E-state index contributed by atoms with van der Waals surface area (Å²) >= 11 is 0. The Morgan fingerprint density at radius 2 is 2.17 bits per heavy atom. The molecule has 118 valence electrons. The number of hydrogen-bond donors (Lipinski definition) is 1. The Hall–Kier alpha value is -2.87. The van der Waals surface area contributed by atoms with Crippen molar-refractivity contribution < 1.29 is 9.90 Å². The van der Waals surface area contributed by atoms with Gasteiger partial charge in [0, 0.05) is 13.5 Å². The summed E-state index contributed by atoms with van der Waals surface area (Å²) < 4.78 is 1.73. The number of carboxylic acid groups (broad SMARTS) is 1. The van der Waals surface area contributed by atoms with Crippen LogP contribution in [-0.4, -0.2) is 20.9 Å². The van der Waals surface area contributed by atoms with Crippen molar-refractivity contribution in [3.8, 4) is 17.3 Å². The predicted octanol–water partition coefficient (Wildman–Crippen LogP) is 3.29. The van der Waals surface area contributed by atoms with Crippen molar-refractivity contribution in [1.82, 2.24) is 9.78 Å². The number of benzene rings is 1. The predicted molar refractivity (Wildman–Crippen MR) is 87.8 cm³/mol. The monoisotopic (exact) mass is 309 g/mol. The lowest BCUT2D eigenvalue weighted by atomic mass is 10.00. The molecule has 0 aliphatic carbocycles. The first-order chi connectivity index (χ1) is 11.0. The Morgan fingerprint density at radius 1 is 1.48 bits per heavy atom. The SMILES string of the molecule is C=CCc1ccc(-c2cc([C@H](C#N)CCC(=O)O)nn2C)cc1. The smallest absolute Gasteiger partial charge is 0.303 e. The summed E-state index contributed by atoms with van der Waals surface area (Å²) in [5.41, 5.74) is 3.71. The van der Waals surface area contributed by atoms with E-state index in [4.69, 9.17) is 5.11 Å².